The Morgan fingerprint density at radius 3 is 2.54 bits per heavy atom. The summed E-state index contributed by atoms with van der Waals surface area (Å²) < 4.78 is 1.09. The third-order valence-corrected chi connectivity index (χ3v) is 2.75. The van der Waals surface area contributed by atoms with Crippen LogP contribution in [-0.2, 0) is 0 Å². The summed E-state index contributed by atoms with van der Waals surface area (Å²) in [6.07, 6.45) is 0.983. The van der Waals surface area contributed by atoms with E-state index in [9.17, 15) is 0 Å². The van der Waals surface area contributed by atoms with Crippen molar-refractivity contribution in [2.45, 2.75) is 26.3 Å². The molecule has 0 heterocycles. The molecule has 0 N–H and O–H groups in total. The number of hydrogen-bond acceptors (Lipinski definition) is 1. The van der Waals surface area contributed by atoms with Crippen molar-refractivity contribution >= 4 is 20.6 Å². The summed E-state index contributed by atoms with van der Waals surface area (Å²) in [6.45, 7) is 4.22. The van der Waals surface area contributed by atoms with Gasteiger partial charge in [0.25, 0.3) is 0 Å². The van der Waals surface area contributed by atoms with Crippen molar-refractivity contribution in [2.24, 2.45) is 4.99 Å². The zero-order valence-corrected chi connectivity index (χ0v) is 9.74. The van der Waals surface area contributed by atoms with Crippen LogP contribution in [0.2, 0.25) is 0 Å². The molecule has 0 fully saturated rings. The first-order chi connectivity index (χ1) is 6.24. The van der Waals surface area contributed by atoms with E-state index in [0.29, 0.717) is 0 Å². The van der Waals surface area contributed by atoms with Crippen LogP contribution in [0.1, 0.15) is 31.9 Å². The van der Waals surface area contributed by atoms with E-state index in [0.717, 1.165) is 11.0 Å². The third-order valence-electron chi connectivity index (χ3n) is 1.92. The predicted molar refractivity (Wildman–Crippen MR) is 58.3 cm³/mol. The van der Waals surface area contributed by atoms with Gasteiger partial charge in [-0.15, -0.1) is 0 Å². The van der Waals surface area contributed by atoms with E-state index in [-0.39, 0.29) is 6.04 Å². The first kappa shape index (κ1) is 10.5. The van der Waals surface area contributed by atoms with Gasteiger partial charge in [-0.05, 0) is 0 Å². The van der Waals surface area contributed by atoms with Gasteiger partial charge >= 0.3 is 87.8 Å². The van der Waals surface area contributed by atoms with Crippen molar-refractivity contribution in [3.63, 3.8) is 0 Å². The molecule has 1 aromatic rings. The normalized spacial score (nSPS) is 14.2. The molecule has 69 valence electrons. The maximum absolute atomic E-state index is 4.53. The molecule has 2 heteroatoms. The van der Waals surface area contributed by atoms with Crippen molar-refractivity contribution in [3.8, 4) is 0 Å². The molecule has 1 rings (SSSR count). The van der Waals surface area contributed by atoms with Crippen LogP contribution in [0.4, 0.5) is 0 Å². The first-order valence-corrected chi connectivity index (χ1v) is 5.38. The van der Waals surface area contributed by atoms with E-state index in [2.05, 4.69) is 47.0 Å². The Balaban J connectivity index is 2.75. The minimum atomic E-state index is 0.261. The second-order valence-electron chi connectivity index (χ2n) is 2.96. The van der Waals surface area contributed by atoms with Gasteiger partial charge in [-0.1, -0.05) is 0 Å². The average molecular weight is 239 g/mol. The molecule has 0 aromatic heterocycles. The quantitative estimate of drug-likeness (QED) is 0.568. The molecule has 0 spiro atoms. The van der Waals surface area contributed by atoms with Crippen LogP contribution in [0.3, 0.4) is 0 Å². The first-order valence-electron chi connectivity index (χ1n) is 4.52. The summed E-state index contributed by atoms with van der Waals surface area (Å²) in [7, 11) is 0. The Bertz CT molecular complexity index is 279. The van der Waals surface area contributed by atoms with Crippen LogP contribution in [0.15, 0.2) is 35.3 Å². The van der Waals surface area contributed by atoms with Crippen LogP contribution >= 0.6 is 0 Å². The SMILES string of the molecule is CCC([Se])=NC(C)c1ccccc1. The van der Waals surface area contributed by atoms with Crippen molar-refractivity contribution in [2.75, 3.05) is 0 Å². The van der Waals surface area contributed by atoms with Crippen molar-refractivity contribution in [1.29, 1.82) is 0 Å². The van der Waals surface area contributed by atoms with E-state index < -0.39 is 0 Å². The van der Waals surface area contributed by atoms with Gasteiger partial charge in [-0.2, -0.15) is 0 Å². The van der Waals surface area contributed by atoms with Crippen molar-refractivity contribution in [3.05, 3.63) is 35.9 Å². The third kappa shape index (κ3) is 3.33. The van der Waals surface area contributed by atoms with Gasteiger partial charge in [-0.25, -0.2) is 0 Å². The standard InChI is InChI=1S/C11H14NSe/c1-3-11(13)12-9(2)10-7-5-4-6-8-10/h4-9H,3H2,1-2H3. The Morgan fingerprint density at radius 1 is 1.38 bits per heavy atom. The van der Waals surface area contributed by atoms with Gasteiger partial charge in [0.05, 0.1) is 0 Å². The Kier molecular flexibility index (Phi) is 4.20. The van der Waals surface area contributed by atoms with E-state index in [1.54, 1.807) is 0 Å². The molecule has 13 heavy (non-hydrogen) atoms. The van der Waals surface area contributed by atoms with E-state index in [1.165, 1.54) is 5.56 Å². The van der Waals surface area contributed by atoms with Crippen LogP contribution < -0.4 is 0 Å². The summed E-state index contributed by atoms with van der Waals surface area (Å²) in [6, 6.07) is 10.6. The molecule has 0 aliphatic carbocycles. The fourth-order valence-corrected chi connectivity index (χ4v) is 1.45. The molecule has 0 aliphatic heterocycles. The molecule has 1 atom stereocenters. The summed E-state index contributed by atoms with van der Waals surface area (Å²) in [5, 5.41) is 0. The summed E-state index contributed by atoms with van der Waals surface area (Å²) in [4.78, 5) is 4.53. The zero-order valence-electron chi connectivity index (χ0n) is 8.03. The Morgan fingerprint density at radius 2 is 2.00 bits per heavy atom. The summed E-state index contributed by atoms with van der Waals surface area (Å²) in [5.74, 6) is 0. The number of benzene rings is 1. The Hall–Kier alpha value is -0.591. The molecule has 0 saturated carbocycles. The monoisotopic (exact) mass is 240 g/mol. The fourth-order valence-electron chi connectivity index (χ4n) is 1.11. The van der Waals surface area contributed by atoms with Gasteiger partial charge in [0, 0.05) is 0 Å². The van der Waals surface area contributed by atoms with Crippen LogP contribution in [0, 0.1) is 0 Å². The van der Waals surface area contributed by atoms with Gasteiger partial charge in [0.15, 0.2) is 0 Å². The number of nitrogens with zero attached hydrogens (tertiary/aromatic N) is 1. The van der Waals surface area contributed by atoms with Gasteiger partial charge in [0.1, 0.15) is 0 Å². The molecule has 0 amide bonds. The maximum atomic E-state index is 4.53. The second-order valence-corrected chi connectivity index (χ2v) is 3.95. The molecule has 0 saturated heterocycles. The van der Waals surface area contributed by atoms with Gasteiger partial charge in [-0.3, -0.25) is 0 Å². The summed E-state index contributed by atoms with van der Waals surface area (Å²) in [5.41, 5.74) is 1.27. The van der Waals surface area contributed by atoms with Crippen molar-refractivity contribution < 1.29 is 0 Å². The van der Waals surface area contributed by atoms with Crippen LogP contribution in [-0.4, -0.2) is 20.6 Å². The van der Waals surface area contributed by atoms with Crippen molar-refractivity contribution in [1.82, 2.24) is 0 Å². The van der Waals surface area contributed by atoms with E-state index in [1.807, 2.05) is 18.2 Å². The number of aliphatic imine (C=N–C) groups is 1. The Labute approximate surface area is 88.1 Å². The van der Waals surface area contributed by atoms with E-state index >= 15 is 0 Å². The van der Waals surface area contributed by atoms with Gasteiger partial charge < -0.3 is 0 Å². The molecule has 1 aromatic carbocycles. The van der Waals surface area contributed by atoms with E-state index in [4.69, 9.17) is 0 Å². The second kappa shape index (κ2) is 5.21. The van der Waals surface area contributed by atoms with Gasteiger partial charge in [0.2, 0.25) is 0 Å². The zero-order chi connectivity index (χ0) is 9.68. The van der Waals surface area contributed by atoms with Crippen LogP contribution in [0.5, 0.6) is 0 Å². The topological polar surface area (TPSA) is 12.4 Å². The fraction of sp³-hybridized carbons (Fsp3) is 0.364. The predicted octanol–water partition coefficient (Wildman–Crippen LogP) is 2.72. The number of hydrogen-bond donors (Lipinski definition) is 0. The molecule has 1 unspecified atom stereocenters. The number of rotatable bonds is 3. The van der Waals surface area contributed by atoms with Crippen LogP contribution in [0.25, 0.3) is 0 Å². The molecular formula is C11H14NSe. The molecule has 0 aliphatic rings. The molecule has 0 bridgehead atoms. The average Bonchev–Trinajstić information content (AvgIpc) is 2.19. The molecular weight excluding hydrogens is 225 g/mol. The summed E-state index contributed by atoms with van der Waals surface area (Å²) >= 11 is 2.98. The molecule has 1 radical (unpaired) electrons. The minimum absolute atomic E-state index is 0.261. The molecule has 1 nitrogen and oxygen atoms in total.